The van der Waals surface area contributed by atoms with Crippen molar-refractivity contribution in [1.29, 1.82) is 0 Å². The number of anilines is 1. The van der Waals surface area contributed by atoms with E-state index >= 15 is 0 Å². The largest absolute Gasteiger partial charge is 0.351 e. The zero-order valence-corrected chi connectivity index (χ0v) is 12.5. The number of nitrogens with one attached hydrogen (secondary N) is 2. The average Bonchev–Trinajstić information content (AvgIpc) is 2.45. The maximum atomic E-state index is 12.3. The van der Waals surface area contributed by atoms with E-state index in [9.17, 15) is 14.9 Å². The molecule has 0 unspecified atom stereocenters. The van der Waals surface area contributed by atoms with Crippen LogP contribution in [0.3, 0.4) is 0 Å². The second-order valence-corrected chi connectivity index (χ2v) is 6.30. The second-order valence-electron chi connectivity index (χ2n) is 5.02. The number of thioether (sulfide) groups is 1. The molecule has 0 heterocycles. The van der Waals surface area contributed by atoms with E-state index in [1.807, 2.05) is 6.26 Å². The number of benzene rings is 1. The number of nitrogens with two attached hydrogens (primary N) is 1. The number of rotatable bonds is 6. The van der Waals surface area contributed by atoms with Gasteiger partial charge in [-0.3, -0.25) is 20.8 Å². The Labute approximate surface area is 126 Å². The minimum Gasteiger partial charge on any atom is -0.351 e. The van der Waals surface area contributed by atoms with Gasteiger partial charge >= 0.3 is 0 Å². The van der Waals surface area contributed by atoms with Crippen LogP contribution < -0.4 is 16.6 Å². The van der Waals surface area contributed by atoms with Gasteiger partial charge in [-0.25, -0.2) is 0 Å². The highest BCUT2D eigenvalue weighted by Gasteiger charge is 2.36. The molecule has 1 aromatic carbocycles. The Morgan fingerprint density at radius 3 is 2.71 bits per heavy atom. The van der Waals surface area contributed by atoms with Crippen LogP contribution in [0.5, 0.6) is 0 Å². The van der Waals surface area contributed by atoms with Gasteiger partial charge in [-0.05, 0) is 25.2 Å². The fourth-order valence-electron chi connectivity index (χ4n) is 2.39. The number of hydrazine groups is 1. The first-order chi connectivity index (χ1) is 10.0. The number of para-hydroxylation sites is 1. The third-order valence-corrected chi connectivity index (χ3v) is 5.32. The Morgan fingerprint density at radius 2 is 2.24 bits per heavy atom. The molecule has 0 atom stereocenters. The summed E-state index contributed by atoms with van der Waals surface area (Å²) in [6.07, 6.45) is 5.35. The zero-order valence-electron chi connectivity index (χ0n) is 11.7. The second kappa shape index (κ2) is 6.31. The molecule has 114 valence electrons. The number of nitrogens with zero attached hydrogens (tertiary/aromatic N) is 1. The summed E-state index contributed by atoms with van der Waals surface area (Å²) in [5.41, 5.74) is 2.26. The predicted molar refractivity (Wildman–Crippen MR) is 83.3 cm³/mol. The van der Waals surface area contributed by atoms with Crippen molar-refractivity contribution in [1.82, 2.24) is 5.32 Å². The third kappa shape index (κ3) is 3.11. The van der Waals surface area contributed by atoms with E-state index < -0.39 is 4.92 Å². The maximum absolute atomic E-state index is 12.3. The van der Waals surface area contributed by atoms with E-state index in [2.05, 4.69) is 10.7 Å². The van der Waals surface area contributed by atoms with Crippen LogP contribution in [0.4, 0.5) is 11.4 Å². The molecule has 8 heteroatoms. The highest BCUT2D eigenvalue weighted by Crippen LogP contribution is 2.42. The summed E-state index contributed by atoms with van der Waals surface area (Å²) in [4.78, 5) is 22.6. The summed E-state index contributed by atoms with van der Waals surface area (Å²) in [6, 6.07) is 4.30. The molecule has 1 saturated carbocycles. The van der Waals surface area contributed by atoms with Crippen LogP contribution in [0, 0.1) is 10.1 Å². The Kier molecular flexibility index (Phi) is 4.69. The lowest BCUT2D eigenvalue weighted by Crippen LogP contribution is -2.45. The van der Waals surface area contributed by atoms with E-state index in [4.69, 9.17) is 5.84 Å². The van der Waals surface area contributed by atoms with E-state index in [0.29, 0.717) is 6.54 Å². The molecule has 0 radical (unpaired) electrons. The first-order valence-electron chi connectivity index (χ1n) is 6.60. The molecule has 1 amide bonds. The SMILES string of the molecule is CSC1(CNC(=O)c2cccc([N+](=O)[O-])c2NN)CCC1. The Hall–Kier alpha value is -1.80. The van der Waals surface area contributed by atoms with Gasteiger partial charge < -0.3 is 10.7 Å². The lowest BCUT2D eigenvalue weighted by Gasteiger charge is -2.40. The molecule has 4 N–H and O–H groups in total. The number of hydrogen-bond donors (Lipinski definition) is 3. The predicted octanol–water partition coefficient (Wildman–Crippen LogP) is 1.90. The highest BCUT2D eigenvalue weighted by molar-refractivity contribution is 8.00. The number of nitrogen functional groups attached to an aromatic ring is 1. The Balaban J connectivity index is 2.15. The van der Waals surface area contributed by atoms with Gasteiger partial charge in [-0.2, -0.15) is 11.8 Å². The van der Waals surface area contributed by atoms with Crippen LogP contribution in [0.15, 0.2) is 18.2 Å². The molecule has 0 aromatic heterocycles. The molecule has 1 fully saturated rings. The van der Waals surface area contributed by atoms with Crippen molar-refractivity contribution in [3.05, 3.63) is 33.9 Å². The van der Waals surface area contributed by atoms with Gasteiger partial charge in [-0.15, -0.1) is 0 Å². The van der Waals surface area contributed by atoms with Crippen LogP contribution >= 0.6 is 11.8 Å². The highest BCUT2D eigenvalue weighted by atomic mass is 32.2. The van der Waals surface area contributed by atoms with E-state index in [1.165, 1.54) is 24.6 Å². The minimum absolute atomic E-state index is 0.0341. The monoisotopic (exact) mass is 310 g/mol. The molecular weight excluding hydrogens is 292 g/mol. The number of nitro benzene ring substituents is 1. The topological polar surface area (TPSA) is 110 Å². The fraction of sp³-hybridized carbons (Fsp3) is 0.462. The first kappa shape index (κ1) is 15.6. The Bertz CT molecular complexity index is 555. The number of carbonyl (C=O) groups excluding carboxylic acids is 1. The molecule has 2 rings (SSSR count). The third-order valence-electron chi connectivity index (χ3n) is 3.90. The van der Waals surface area contributed by atoms with Crippen molar-refractivity contribution in [2.45, 2.75) is 24.0 Å². The van der Waals surface area contributed by atoms with Gasteiger partial charge in [0.2, 0.25) is 0 Å². The van der Waals surface area contributed by atoms with Crippen molar-refractivity contribution in [2.75, 3.05) is 18.2 Å². The number of hydrogen-bond acceptors (Lipinski definition) is 6. The van der Waals surface area contributed by atoms with Gasteiger partial charge in [0, 0.05) is 17.4 Å². The van der Waals surface area contributed by atoms with E-state index in [-0.39, 0.29) is 27.6 Å². The minimum atomic E-state index is -0.568. The van der Waals surface area contributed by atoms with Crippen LogP contribution in [-0.4, -0.2) is 28.4 Å². The van der Waals surface area contributed by atoms with Gasteiger partial charge in [0.05, 0.1) is 10.5 Å². The molecule has 0 spiro atoms. The molecule has 0 saturated heterocycles. The lowest BCUT2D eigenvalue weighted by atomic mass is 9.84. The number of nitro groups is 1. The van der Waals surface area contributed by atoms with Crippen molar-refractivity contribution in [2.24, 2.45) is 5.84 Å². The molecule has 21 heavy (non-hydrogen) atoms. The fourth-order valence-corrected chi connectivity index (χ4v) is 3.31. The van der Waals surface area contributed by atoms with Gasteiger partial charge in [0.15, 0.2) is 0 Å². The molecule has 1 aromatic rings. The average molecular weight is 310 g/mol. The van der Waals surface area contributed by atoms with Crippen molar-refractivity contribution in [3.8, 4) is 0 Å². The molecule has 1 aliphatic carbocycles. The summed E-state index contributed by atoms with van der Waals surface area (Å²) in [7, 11) is 0. The van der Waals surface area contributed by atoms with Crippen LogP contribution in [0.25, 0.3) is 0 Å². The standard InChI is InChI=1S/C13H18N4O3S/c1-21-13(6-3-7-13)8-15-12(18)9-4-2-5-10(17(19)20)11(9)16-14/h2,4-5,16H,3,6-8,14H2,1H3,(H,15,18). The first-order valence-corrected chi connectivity index (χ1v) is 7.83. The van der Waals surface area contributed by atoms with Crippen molar-refractivity contribution < 1.29 is 9.72 Å². The van der Waals surface area contributed by atoms with Gasteiger partial charge in [0.25, 0.3) is 11.6 Å². The summed E-state index contributed by atoms with van der Waals surface area (Å²) >= 11 is 1.75. The summed E-state index contributed by atoms with van der Waals surface area (Å²) in [5.74, 6) is 4.98. The normalized spacial score (nSPS) is 15.9. The maximum Gasteiger partial charge on any atom is 0.294 e. The van der Waals surface area contributed by atoms with E-state index in [0.717, 1.165) is 12.8 Å². The van der Waals surface area contributed by atoms with Crippen molar-refractivity contribution in [3.63, 3.8) is 0 Å². The summed E-state index contributed by atoms with van der Waals surface area (Å²) in [5, 5.41) is 13.8. The smallest absolute Gasteiger partial charge is 0.294 e. The number of carbonyl (C=O) groups is 1. The molecule has 0 bridgehead atoms. The van der Waals surface area contributed by atoms with Gasteiger partial charge in [-0.1, -0.05) is 12.5 Å². The molecular formula is C13H18N4O3S. The molecule has 7 nitrogen and oxygen atoms in total. The van der Waals surface area contributed by atoms with Gasteiger partial charge in [0.1, 0.15) is 5.69 Å². The molecule has 0 aliphatic heterocycles. The van der Waals surface area contributed by atoms with Crippen LogP contribution in [0.1, 0.15) is 29.6 Å². The van der Waals surface area contributed by atoms with Crippen LogP contribution in [-0.2, 0) is 0 Å². The molecule has 1 aliphatic rings. The van der Waals surface area contributed by atoms with E-state index in [1.54, 1.807) is 11.8 Å². The number of amides is 1. The zero-order chi connectivity index (χ0) is 15.5. The van der Waals surface area contributed by atoms with Crippen LogP contribution in [0.2, 0.25) is 0 Å². The summed E-state index contributed by atoms with van der Waals surface area (Å²) < 4.78 is 0.104. The quantitative estimate of drug-likeness (QED) is 0.420. The lowest BCUT2D eigenvalue weighted by molar-refractivity contribution is -0.384. The Morgan fingerprint density at radius 1 is 1.52 bits per heavy atom. The summed E-state index contributed by atoms with van der Waals surface area (Å²) in [6.45, 7) is 0.555. The van der Waals surface area contributed by atoms with Crippen molar-refractivity contribution >= 4 is 29.0 Å².